The maximum absolute atomic E-state index is 12.4. The molecule has 1 aromatic carbocycles. The highest BCUT2D eigenvalue weighted by Crippen LogP contribution is 2.39. The Hall–Kier alpha value is -3.49. The van der Waals surface area contributed by atoms with E-state index in [1.807, 2.05) is 6.92 Å². The summed E-state index contributed by atoms with van der Waals surface area (Å²) in [7, 11) is 18.7. The maximum Gasteiger partial charge on any atom is 0.229 e. The standard InChI is InChI=1S/C22H18B3N5O3/c1-10-5-12(10)20(31)29-18-7-13-14(8-26-18)19(30-22(23,24)25)27-9-15(13)21-28-16-6-11(32-2)3-4-17(16)33-21/h3-4,6-10,12H,5H2,1-2H3,(H,27,30)(H,26,29,31)/t10-,12+/m1/s1. The van der Waals surface area contributed by atoms with Gasteiger partial charge in [-0.2, -0.15) is 0 Å². The summed E-state index contributed by atoms with van der Waals surface area (Å²) in [6, 6.07) is 7.10. The van der Waals surface area contributed by atoms with E-state index in [2.05, 4.69) is 25.6 Å². The van der Waals surface area contributed by atoms with E-state index in [4.69, 9.17) is 32.7 Å². The van der Waals surface area contributed by atoms with Crippen molar-refractivity contribution in [1.82, 2.24) is 15.0 Å². The average molecular weight is 433 g/mol. The number of carbonyl (C=O) groups is 1. The van der Waals surface area contributed by atoms with E-state index in [-0.39, 0.29) is 11.8 Å². The van der Waals surface area contributed by atoms with Gasteiger partial charge in [0.05, 0.1) is 36.2 Å². The van der Waals surface area contributed by atoms with Crippen LogP contribution in [-0.2, 0) is 4.79 Å². The minimum Gasteiger partial charge on any atom is -0.497 e. The Morgan fingerprint density at radius 1 is 1.18 bits per heavy atom. The zero-order valence-electron chi connectivity index (χ0n) is 18.1. The van der Waals surface area contributed by atoms with Crippen molar-refractivity contribution in [2.24, 2.45) is 11.8 Å². The normalized spacial score (nSPS) is 17.8. The molecule has 0 bridgehead atoms. The number of anilines is 2. The number of benzene rings is 1. The molecule has 6 radical (unpaired) electrons. The summed E-state index contributed by atoms with van der Waals surface area (Å²) in [5.41, 5.74) is 1.83. The van der Waals surface area contributed by atoms with Crippen molar-refractivity contribution in [3.8, 4) is 17.2 Å². The number of oxazole rings is 1. The molecular weight excluding hydrogens is 415 g/mol. The fraction of sp³-hybridized carbons (Fsp3) is 0.273. The number of hydrogen-bond donors (Lipinski definition) is 2. The molecule has 0 aliphatic heterocycles. The third kappa shape index (κ3) is 4.27. The number of methoxy groups -OCH3 is 1. The smallest absolute Gasteiger partial charge is 0.229 e. The maximum atomic E-state index is 12.4. The molecule has 0 spiro atoms. The highest BCUT2D eigenvalue weighted by molar-refractivity contribution is 6.60. The van der Waals surface area contributed by atoms with E-state index in [9.17, 15) is 4.79 Å². The molecule has 4 aromatic rings. The number of fused-ring (bicyclic) bond motifs is 2. The number of ether oxygens (including phenoxy) is 1. The molecule has 3 aromatic heterocycles. The first-order valence-corrected chi connectivity index (χ1v) is 10.4. The molecule has 2 atom stereocenters. The second kappa shape index (κ2) is 7.83. The van der Waals surface area contributed by atoms with E-state index in [1.165, 1.54) is 0 Å². The molecule has 0 unspecified atom stereocenters. The van der Waals surface area contributed by atoms with E-state index >= 15 is 0 Å². The van der Waals surface area contributed by atoms with Crippen LogP contribution >= 0.6 is 0 Å². The van der Waals surface area contributed by atoms with Gasteiger partial charge < -0.3 is 19.8 Å². The van der Waals surface area contributed by atoms with E-state index in [0.29, 0.717) is 56.6 Å². The summed E-state index contributed by atoms with van der Waals surface area (Å²) in [6.45, 7) is 2.04. The van der Waals surface area contributed by atoms with Gasteiger partial charge in [0.25, 0.3) is 0 Å². The van der Waals surface area contributed by atoms with Crippen LogP contribution in [0.2, 0.25) is 0 Å². The van der Waals surface area contributed by atoms with Crippen LogP contribution in [0.15, 0.2) is 41.1 Å². The second-order valence-electron chi connectivity index (χ2n) is 8.36. The number of nitrogens with zero attached hydrogens (tertiary/aromatic N) is 3. The third-order valence-corrected chi connectivity index (χ3v) is 5.63. The van der Waals surface area contributed by atoms with Gasteiger partial charge in [0.2, 0.25) is 11.8 Å². The average Bonchev–Trinajstić information content (AvgIpc) is 3.35. The zero-order chi connectivity index (χ0) is 23.3. The first kappa shape index (κ1) is 21.4. The Balaban J connectivity index is 1.62. The van der Waals surface area contributed by atoms with E-state index < -0.39 is 5.24 Å². The lowest BCUT2D eigenvalue weighted by atomic mass is 9.49. The lowest BCUT2D eigenvalue weighted by Crippen LogP contribution is -2.40. The fourth-order valence-corrected chi connectivity index (χ4v) is 3.73. The van der Waals surface area contributed by atoms with Gasteiger partial charge in [-0.1, -0.05) is 12.2 Å². The molecule has 158 valence electrons. The number of hydrogen-bond acceptors (Lipinski definition) is 7. The van der Waals surface area contributed by atoms with Gasteiger partial charge in [-0.05, 0) is 30.5 Å². The van der Waals surface area contributed by atoms with Crippen LogP contribution < -0.4 is 15.4 Å². The molecule has 0 saturated heterocycles. The van der Waals surface area contributed by atoms with Gasteiger partial charge in [0.1, 0.15) is 22.9 Å². The Bertz CT molecular complexity index is 1390. The topological polar surface area (TPSA) is 102 Å². The van der Waals surface area contributed by atoms with Crippen molar-refractivity contribution >= 4 is 63.0 Å². The number of aromatic nitrogens is 3. The van der Waals surface area contributed by atoms with Crippen molar-refractivity contribution in [1.29, 1.82) is 0 Å². The van der Waals surface area contributed by atoms with Crippen LogP contribution in [0.3, 0.4) is 0 Å². The summed E-state index contributed by atoms with van der Waals surface area (Å²) < 4.78 is 11.2. The zero-order valence-corrected chi connectivity index (χ0v) is 18.1. The molecule has 11 heteroatoms. The molecule has 1 amide bonds. The lowest BCUT2D eigenvalue weighted by molar-refractivity contribution is -0.117. The summed E-state index contributed by atoms with van der Waals surface area (Å²) in [6.07, 6.45) is 4.02. The van der Waals surface area contributed by atoms with Gasteiger partial charge in [-0.15, -0.1) is 0 Å². The largest absolute Gasteiger partial charge is 0.497 e. The van der Waals surface area contributed by atoms with Gasteiger partial charge >= 0.3 is 0 Å². The molecule has 33 heavy (non-hydrogen) atoms. The predicted molar refractivity (Wildman–Crippen MR) is 129 cm³/mol. The van der Waals surface area contributed by atoms with Crippen LogP contribution in [0.1, 0.15) is 13.3 Å². The summed E-state index contributed by atoms with van der Waals surface area (Å²) in [4.78, 5) is 25.8. The van der Waals surface area contributed by atoms with Crippen molar-refractivity contribution in [2.45, 2.75) is 18.6 Å². The van der Waals surface area contributed by atoms with E-state index in [1.54, 1.807) is 43.8 Å². The third-order valence-electron chi connectivity index (χ3n) is 5.63. The minimum atomic E-state index is -1.69. The molecule has 5 rings (SSSR count). The van der Waals surface area contributed by atoms with Crippen LogP contribution in [0.25, 0.3) is 33.3 Å². The number of amides is 1. The monoisotopic (exact) mass is 433 g/mol. The first-order chi connectivity index (χ1) is 15.7. The molecule has 3 heterocycles. The molecule has 2 N–H and O–H groups in total. The highest BCUT2D eigenvalue weighted by atomic mass is 16.5. The summed E-state index contributed by atoms with van der Waals surface area (Å²) >= 11 is 0. The van der Waals surface area contributed by atoms with Crippen LogP contribution in [0.4, 0.5) is 11.6 Å². The Morgan fingerprint density at radius 3 is 2.67 bits per heavy atom. The second-order valence-corrected chi connectivity index (χ2v) is 8.36. The van der Waals surface area contributed by atoms with Gasteiger partial charge in [0, 0.05) is 35.2 Å². The van der Waals surface area contributed by atoms with Gasteiger partial charge in [-0.3, -0.25) is 4.79 Å². The predicted octanol–water partition coefficient (Wildman–Crippen LogP) is 2.57. The number of pyridine rings is 2. The number of rotatable bonds is 6. The van der Waals surface area contributed by atoms with Crippen molar-refractivity contribution in [3.63, 3.8) is 0 Å². The molecule has 1 aliphatic carbocycles. The minimum absolute atomic E-state index is 0.0102. The lowest BCUT2D eigenvalue weighted by Gasteiger charge is -2.24. The van der Waals surface area contributed by atoms with Crippen molar-refractivity contribution in [2.75, 3.05) is 17.7 Å². The van der Waals surface area contributed by atoms with Crippen molar-refractivity contribution in [3.05, 3.63) is 36.7 Å². The summed E-state index contributed by atoms with van der Waals surface area (Å²) in [5.74, 6) is 2.09. The van der Waals surface area contributed by atoms with Gasteiger partial charge in [0.15, 0.2) is 5.58 Å². The van der Waals surface area contributed by atoms with Crippen LogP contribution in [-0.4, -0.2) is 56.7 Å². The first-order valence-electron chi connectivity index (χ1n) is 10.4. The SMILES string of the molecule is [B]C([B])([B])Nc1ncc(-c2nc3cc(OC)ccc3o2)c2cc(NC(=O)[C@H]3C[C@H]3C)ncc12. The Kier molecular flexibility index (Phi) is 5.07. The highest BCUT2D eigenvalue weighted by Gasteiger charge is 2.39. The Labute approximate surface area is 194 Å². The summed E-state index contributed by atoms with van der Waals surface area (Å²) in [5, 5.41) is 5.21. The molecule has 1 saturated carbocycles. The Morgan fingerprint density at radius 2 is 1.97 bits per heavy atom. The number of carbonyl (C=O) groups excluding carboxylic acids is 1. The van der Waals surface area contributed by atoms with Crippen molar-refractivity contribution < 1.29 is 13.9 Å². The molecule has 1 fully saturated rings. The van der Waals surface area contributed by atoms with Gasteiger partial charge in [-0.25, -0.2) is 15.0 Å². The fourth-order valence-electron chi connectivity index (χ4n) is 3.73. The van der Waals surface area contributed by atoms with E-state index in [0.717, 1.165) is 6.42 Å². The quantitative estimate of drug-likeness (QED) is 0.451. The molecule has 1 aliphatic rings. The van der Waals surface area contributed by atoms with Crippen LogP contribution in [0.5, 0.6) is 5.75 Å². The number of nitrogens with one attached hydrogen (secondary N) is 2. The molecule has 8 nitrogen and oxygen atoms in total. The van der Waals surface area contributed by atoms with Crippen LogP contribution in [0, 0.1) is 11.8 Å². The molecular formula is C22H18B3N5O3.